The van der Waals surface area contributed by atoms with Gasteiger partial charge in [0.05, 0.1) is 6.42 Å². The van der Waals surface area contributed by atoms with Crippen molar-refractivity contribution in [3.8, 4) is 5.75 Å². The lowest BCUT2D eigenvalue weighted by Gasteiger charge is -2.16. The molecule has 2 rings (SSSR count). The first-order valence-corrected chi connectivity index (χ1v) is 7.66. The summed E-state index contributed by atoms with van der Waals surface area (Å²) in [5.74, 6) is -0.526. The first-order valence-electron chi connectivity index (χ1n) is 6.79. The van der Waals surface area contributed by atoms with E-state index in [2.05, 4.69) is 0 Å². The van der Waals surface area contributed by atoms with Gasteiger partial charge in [-0.15, -0.1) is 11.3 Å². The molecule has 6 heteroatoms. The van der Waals surface area contributed by atoms with Crippen LogP contribution in [-0.4, -0.2) is 35.5 Å². The van der Waals surface area contributed by atoms with E-state index in [1.165, 1.54) is 4.90 Å². The van der Waals surface area contributed by atoms with E-state index in [-0.39, 0.29) is 18.9 Å². The maximum absolute atomic E-state index is 12.2. The zero-order valence-electron chi connectivity index (χ0n) is 12.2. The van der Waals surface area contributed by atoms with E-state index in [1.54, 1.807) is 42.6 Å². The van der Waals surface area contributed by atoms with Gasteiger partial charge in [-0.3, -0.25) is 9.59 Å². The van der Waals surface area contributed by atoms with Crippen molar-refractivity contribution in [3.63, 3.8) is 0 Å². The van der Waals surface area contributed by atoms with E-state index in [1.807, 2.05) is 17.5 Å². The fourth-order valence-corrected chi connectivity index (χ4v) is 2.47. The minimum atomic E-state index is -0.923. The van der Waals surface area contributed by atoms with E-state index < -0.39 is 5.97 Å². The summed E-state index contributed by atoms with van der Waals surface area (Å²) in [5.41, 5.74) is 0.483. The van der Waals surface area contributed by atoms with Crippen LogP contribution in [0.25, 0.3) is 0 Å². The van der Waals surface area contributed by atoms with Crippen LogP contribution in [-0.2, 0) is 11.4 Å². The number of nitrogens with zero attached hydrogens (tertiary/aromatic N) is 1. The van der Waals surface area contributed by atoms with Gasteiger partial charge >= 0.3 is 5.97 Å². The maximum Gasteiger partial charge on any atom is 0.305 e. The number of amides is 1. The molecule has 1 amide bonds. The number of carbonyl (C=O) groups excluding carboxylic acids is 1. The highest BCUT2D eigenvalue weighted by atomic mass is 32.1. The Bertz CT molecular complexity index is 639. The summed E-state index contributed by atoms with van der Waals surface area (Å²) in [7, 11) is 1.59. The van der Waals surface area contributed by atoms with E-state index in [0.29, 0.717) is 17.9 Å². The predicted octanol–water partition coefficient (Wildman–Crippen LogP) is 2.87. The molecule has 0 fully saturated rings. The van der Waals surface area contributed by atoms with E-state index in [0.717, 1.165) is 4.88 Å². The Labute approximate surface area is 132 Å². The zero-order chi connectivity index (χ0) is 15.9. The predicted molar refractivity (Wildman–Crippen MR) is 84.3 cm³/mol. The monoisotopic (exact) mass is 319 g/mol. The molecule has 1 heterocycles. The van der Waals surface area contributed by atoms with Crippen LogP contribution in [0.15, 0.2) is 41.8 Å². The standard InChI is InChI=1S/C16H17NO4S/c1-17(8-7-15(18)19)16(20)12-4-2-5-13(10-12)21-11-14-6-3-9-22-14/h2-6,9-10H,7-8,11H2,1H3,(H,18,19). The van der Waals surface area contributed by atoms with Crippen LogP contribution in [0.5, 0.6) is 5.75 Å². The van der Waals surface area contributed by atoms with Crippen molar-refractivity contribution in [1.29, 1.82) is 0 Å². The lowest BCUT2D eigenvalue weighted by Crippen LogP contribution is -2.29. The number of hydrogen-bond donors (Lipinski definition) is 1. The van der Waals surface area contributed by atoms with Crippen LogP contribution in [0.2, 0.25) is 0 Å². The molecule has 0 bridgehead atoms. The van der Waals surface area contributed by atoms with Crippen LogP contribution >= 0.6 is 11.3 Å². The van der Waals surface area contributed by atoms with Crippen molar-refractivity contribution in [2.75, 3.05) is 13.6 Å². The number of carboxylic acid groups (broad SMARTS) is 1. The van der Waals surface area contributed by atoms with Gasteiger partial charge < -0.3 is 14.7 Å². The normalized spacial score (nSPS) is 10.2. The van der Waals surface area contributed by atoms with Crippen LogP contribution in [0.4, 0.5) is 0 Å². The van der Waals surface area contributed by atoms with E-state index in [4.69, 9.17) is 9.84 Å². The van der Waals surface area contributed by atoms with Crippen LogP contribution in [0.3, 0.4) is 0 Å². The Kier molecular flexibility index (Phi) is 5.55. The first-order chi connectivity index (χ1) is 10.6. The number of thiophene rings is 1. The number of ether oxygens (including phenoxy) is 1. The molecule has 0 aliphatic rings. The molecule has 0 aliphatic carbocycles. The second kappa shape index (κ2) is 7.61. The van der Waals surface area contributed by atoms with E-state index in [9.17, 15) is 9.59 Å². The van der Waals surface area contributed by atoms with Gasteiger partial charge in [0.2, 0.25) is 0 Å². The fourth-order valence-electron chi connectivity index (χ4n) is 1.85. The molecule has 0 saturated heterocycles. The number of carbonyl (C=O) groups is 2. The van der Waals surface area contributed by atoms with Crippen molar-refractivity contribution in [2.45, 2.75) is 13.0 Å². The highest BCUT2D eigenvalue weighted by molar-refractivity contribution is 7.09. The fraction of sp³-hybridized carbons (Fsp3) is 0.250. The average molecular weight is 319 g/mol. The molecule has 0 unspecified atom stereocenters. The van der Waals surface area contributed by atoms with Gasteiger partial charge in [0.1, 0.15) is 12.4 Å². The number of rotatable bonds is 7. The van der Waals surface area contributed by atoms with E-state index >= 15 is 0 Å². The molecule has 1 aromatic heterocycles. The molecule has 22 heavy (non-hydrogen) atoms. The minimum absolute atomic E-state index is 0.0726. The topological polar surface area (TPSA) is 66.8 Å². The molecule has 2 aromatic rings. The third kappa shape index (κ3) is 4.60. The van der Waals surface area contributed by atoms with Crippen LogP contribution in [0, 0.1) is 0 Å². The molecule has 0 spiro atoms. The van der Waals surface area contributed by atoms with Gasteiger partial charge in [-0.25, -0.2) is 0 Å². The largest absolute Gasteiger partial charge is 0.488 e. The number of carboxylic acids is 1. The van der Waals surface area contributed by atoms with Crippen molar-refractivity contribution < 1.29 is 19.4 Å². The molecule has 1 N–H and O–H groups in total. The van der Waals surface area contributed by atoms with Crippen LogP contribution in [0.1, 0.15) is 21.7 Å². The molecule has 0 aliphatic heterocycles. The SMILES string of the molecule is CN(CCC(=O)O)C(=O)c1cccc(OCc2cccs2)c1. The Hall–Kier alpha value is -2.34. The Morgan fingerprint density at radius 1 is 1.27 bits per heavy atom. The molecule has 116 valence electrons. The summed E-state index contributed by atoms with van der Waals surface area (Å²) >= 11 is 1.61. The summed E-state index contributed by atoms with van der Waals surface area (Å²) in [6.45, 7) is 0.638. The second-order valence-corrected chi connectivity index (χ2v) is 5.80. The average Bonchev–Trinajstić information content (AvgIpc) is 3.03. The van der Waals surface area contributed by atoms with Crippen molar-refractivity contribution in [1.82, 2.24) is 4.90 Å². The van der Waals surface area contributed by atoms with Gasteiger partial charge in [0, 0.05) is 24.0 Å². The van der Waals surface area contributed by atoms with Crippen molar-refractivity contribution >= 4 is 23.2 Å². The summed E-state index contributed by atoms with van der Waals surface area (Å²) < 4.78 is 5.66. The lowest BCUT2D eigenvalue weighted by atomic mass is 10.2. The van der Waals surface area contributed by atoms with Crippen LogP contribution < -0.4 is 4.74 Å². The number of aliphatic carboxylic acids is 1. The molecular weight excluding hydrogens is 302 g/mol. The molecule has 0 atom stereocenters. The molecular formula is C16H17NO4S. The Morgan fingerprint density at radius 3 is 2.77 bits per heavy atom. The molecule has 5 nitrogen and oxygen atoms in total. The third-order valence-electron chi connectivity index (χ3n) is 3.05. The van der Waals surface area contributed by atoms with Gasteiger partial charge in [-0.1, -0.05) is 12.1 Å². The molecule has 0 radical (unpaired) electrons. The highest BCUT2D eigenvalue weighted by Crippen LogP contribution is 2.18. The Morgan fingerprint density at radius 2 is 2.09 bits per heavy atom. The summed E-state index contributed by atoms with van der Waals surface area (Å²) in [6, 6.07) is 10.9. The zero-order valence-corrected chi connectivity index (χ0v) is 13.0. The van der Waals surface area contributed by atoms with Gasteiger partial charge in [-0.2, -0.15) is 0 Å². The summed E-state index contributed by atoms with van der Waals surface area (Å²) in [5, 5.41) is 10.6. The van der Waals surface area contributed by atoms with Crippen molar-refractivity contribution in [3.05, 3.63) is 52.2 Å². The minimum Gasteiger partial charge on any atom is -0.488 e. The maximum atomic E-state index is 12.2. The van der Waals surface area contributed by atoms with Crippen molar-refractivity contribution in [2.24, 2.45) is 0 Å². The smallest absolute Gasteiger partial charge is 0.305 e. The summed E-state index contributed by atoms with van der Waals surface area (Å²) in [6.07, 6.45) is -0.0726. The quantitative estimate of drug-likeness (QED) is 0.852. The second-order valence-electron chi connectivity index (χ2n) is 4.77. The number of benzene rings is 1. The third-order valence-corrected chi connectivity index (χ3v) is 3.90. The summed E-state index contributed by atoms with van der Waals surface area (Å²) in [4.78, 5) is 25.3. The highest BCUT2D eigenvalue weighted by Gasteiger charge is 2.13. The lowest BCUT2D eigenvalue weighted by molar-refractivity contribution is -0.137. The van der Waals surface area contributed by atoms with Gasteiger partial charge in [-0.05, 0) is 29.6 Å². The van der Waals surface area contributed by atoms with Gasteiger partial charge in [0.15, 0.2) is 0 Å². The first kappa shape index (κ1) is 16.0. The van der Waals surface area contributed by atoms with Gasteiger partial charge in [0.25, 0.3) is 5.91 Å². The molecule has 1 aromatic carbocycles. The Balaban J connectivity index is 1.97. The molecule has 0 saturated carbocycles. The number of hydrogen-bond acceptors (Lipinski definition) is 4.